The summed E-state index contributed by atoms with van der Waals surface area (Å²) in [4.78, 5) is 14.4. The predicted octanol–water partition coefficient (Wildman–Crippen LogP) is 1.95. The Balaban J connectivity index is 1.71. The van der Waals surface area contributed by atoms with E-state index in [0.29, 0.717) is 17.9 Å². The van der Waals surface area contributed by atoms with Gasteiger partial charge in [-0.3, -0.25) is 4.79 Å². The lowest BCUT2D eigenvalue weighted by molar-refractivity contribution is -0.120. The molecule has 112 valence electrons. The van der Waals surface area contributed by atoms with E-state index in [1.165, 1.54) is 12.8 Å². The van der Waals surface area contributed by atoms with Gasteiger partial charge in [-0.15, -0.1) is 0 Å². The van der Waals surface area contributed by atoms with Gasteiger partial charge >= 0.3 is 0 Å². The van der Waals surface area contributed by atoms with Gasteiger partial charge in [0.2, 0.25) is 5.91 Å². The van der Waals surface area contributed by atoms with Crippen LogP contribution in [0.25, 0.3) is 0 Å². The van der Waals surface area contributed by atoms with E-state index in [0.717, 1.165) is 31.7 Å². The second kappa shape index (κ2) is 7.80. The summed E-state index contributed by atoms with van der Waals surface area (Å²) in [6.07, 6.45) is 2.73. The number of carbonyl (C=O) groups is 1. The summed E-state index contributed by atoms with van der Waals surface area (Å²) in [6, 6.07) is 9.28. The molecule has 1 aromatic rings. The first-order valence-electron chi connectivity index (χ1n) is 7.69. The summed E-state index contributed by atoms with van der Waals surface area (Å²) in [5, 5.41) is 11.8. The van der Waals surface area contributed by atoms with Crippen molar-refractivity contribution in [2.45, 2.75) is 26.2 Å². The standard InChI is InChI=1S/C17H23N3O/c1-2-20-9-7-16(8-10-20)13-19-17(21)11-14-3-5-15(12-18)6-4-14/h3-6,16H,2,7-11,13H2,1H3,(H,19,21). The van der Waals surface area contributed by atoms with Crippen molar-refractivity contribution in [2.24, 2.45) is 5.92 Å². The molecule has 0 spiro atoms. The Hall–Kier alpha value is -1.86. The van der Waals surface area contributed by atoms with Crippen LogP contribution in [0.4, 0.5) is 0 Å². The fraction of sp³-hybridized carbons (Fsp3) is 0.529. The molecule has 0 atom stereocenters. The molecule has 0 aliphatic carbocycles. The Kier molecular flexibility index (Phi) is 5.77. The fourth-order valence-corrected chi connectivity index (χ4v) is 2.71. The van der Waals surface area contributed by atoms with Crippen molar-refractivity contribution in [1.29, 1.82) is 5.26 Å². The van der Waals surface area contributed by atoms with Crippen molar-refractivity contribution in [1.82, 2.24) is 10.2 Å². The largest absolute Gasteiger partial charge is 0.356 e. The first kappa shape index (κ1) is 15.5. The van der Waals surface area contributed by atoms with Crippen LogP contribution in [0.3, 0.4) is 0 Å². The van der Waals surface area contributed by atoms with Crippen molar-refractivity contribution in [2.75, 3.05) is 26.2 Å². The number of nitrogens with zero attached hydrogens (tertiary/aromatic N) is 2. The van der Waals surface area contributed by atoms with Gasteiger partial charge in [-0.2, -0.15) is 5.26 Å². The van der Waals surface area contributed by atoms with Gasteiger partial charge in [0.05, 0.1) is 18.1 Å². The van der Waals surface area contributed by atoms with Gasteiger partial charge in [0, 0.05) is 6.54 Å². The van der Waals surface area contributed by atoms with Gasteiger partial charge in [-0.25, -0.2) is 0 Å². The molecule has 1 aliphatic rings. The van der Waals surface area contributed by atoms with Gasteiger partial charge in [0.15, 0.2) is 0 Å². The van der Waals surface area contributed by atoms with Crippen molar-refractivity contribution in [3.63, 3.8) is 0 Å². The highest BCUT2D eigenvalue weighted by molar-refractivity contribution is 5.78. The number of hydrogen-bond acceptors (Lipinski definition) is 3. The summed E-state index contributed by atoms with van der Waals surface area (Å²) in [5.41, 5.74) is 1.58. The van der Waals surface area contributed by atoms with Crippen LogP contribution in [-0.2, 0) is 11.2 Å². The molecule has 1 fully saturated rings. The van der Waals surface area contributed by atoms with E-state index in [1.54, 1.807) is 12.1 Å². The summed E-state index contributed by atoms with van der Waals surface area (Å²) < 4.78 is 0. The van der Waals surface area contributed by atoms with E-state index in [2.05, 4.69) is 23.2 Å². The number of benzene rings is 1. The van der Waals surface area contributed by atoms with Gasteiger partial charge < -0.3 is 10.2 Å². The van der Waals surface area contributed by atoms with E-state index >= 15 is 0 Å². The van der Waals surface area contributed by atoms with Gasteiger partial charge in [-0.1, -0.05) is 19.1 Å². The average molecular weight is 285 g/mol. The third kappa shape index (κ3) is 4.87. The number of hydrogen-bond donors (Lipinski definition) is 1. The van der Waals surface area contributed by atoms with Crippen LogP contribution in [0.5, 0.6) is 0 Å². The molecule has 1 N–H and O–H groups in total. The topological polar surface area (TPSA) is 56.1 Å². The first-order valence-corrected chi connectivity index (χ1v) is 7.69. The van der Waals surface area contributed by atoms with E-state index in [-0.39, 0.29) is 5.91 Å². The molecule has 1 aliphatic heterocycles. The summed E-state index contributed by atoms with van der Waals surface area (Å²) in [5.74, 6) is 0.676. The third-order valence-corrected chi connectivity index (χ3v) is 4.19. The quantitative estimate of drug-likeness (QED) is 0.899. The number of likely N-dealkylation sites (tertiary alicyclic amines) is 1. The normalized spacial score (nSPS) is 16.4. The number of carbonyl (C=O) groups excluding carboxylic acids is 1. The van der Waals surface area contributed by atoms with Crippen LogP contribution in [0, 0.1) is 17.2 Å². The number of piperidine rings is 1. The highest BCUT2D eigenvalue weighted by Gasteiger charge is 2.18. The van der Waals surface area contributed by atoms with Crippen LogP contribution in [0.2, 0.25) is 0 Å². The monoisotopic (exact) mass is 285 g/mol. The second-order valence-corrected chi connectivity index (χ2v) is 5.67. The highest BCUT2D eigenvalue weighted by atomic mass is 16.1. The lowest BCUT2D eigenvalue weighted by Gasteiger charge is -2.31. The second-order valence-electron chi connectivity index (χ2n) is 5.67. The average Bonchev–Trinajstić information content (AvgIpc) is 2.54. The molecule has 2 rings (SSSR count). The number of nitriles is 1. The smallest absolute Gasteiger partial charge is 0.224 e. The Labute approximate surface area is 126 Å². The zero-order valence-electron chi connectivity index (χ0n) is 12.6. The highest BCUT2D eigenvalue weighted by Crippen LogP contribution is 2.15. The number of nitrogens with one attached hydrogen (secondary N) is 1. The lowest BCUT2D eigenvalue weighted by atomic mass is 9.97. The molecular weight excluding hydrogens is 262 g/mol. The zero-order chi connectivity index (χ0) is 15.1. The lowest BCUT2D eigenvalue weighted by Crippen LogP contribution is -2.38. The molecule has 4 heteroatoms. The maximum Gasteiger partial charge on any atom is 0.224 e. The zero-order valence-corrected chi connectivity index (χ0v) is 12.6. The van der Waals surface area contributed by atoms with Crippen LogP contribution >= 0.6 is 0 Å². The Morgan fingerprint density at radius 1 is 1.33 bits per heavy atom. The van der Waals surface area contributed by atoms with E-state index in [1.807, 2.05) is 12.1 Å². The van der Waals surface area contributed by atoms with Crippen molar-refractivity contribution in [3.8, 4) is 6.07 Å². The fourth-order valence-electron chi connectivity index (χ4n) is 2.71. The molecule has 1 saturated heterocycles. The molecule has 0 radical (unpaired) electrons. The molecule has 0 unspecified atom stereocenters. The molecule has 21 heavy (non-hydrogen) atoms. The van der Waals surface area contributed by atoms with Crippen LogP contribution in [-0.4, -0.2) is 37.0 Å². The third-order valence-electron chi connectivity index (χ3n) is 4.19. The molecular formula is C17H23N3O. The predicted molar refractivity (Wildman–Crippen MR) is 82.7 cm³/mol. The van der Waals surface area contributed by atoms with Crippen LogP contribution in [0.1, 0.15) is 30.9 Å². The van der Waals surface area contributed by atoms with Crippen LogP contribution in [0.15, 0.2) is 24.3 Å². The van der Waals surface area contributed by atoms with Crippen molar-refractivity contribution >= 4 is 5.91 Å². The number of amides is 1. The van der Waals surface area contributed by atoms with Gasteiger partial charge in [0.1, 0.15) is 0 Å². The molecule has 4 nitrogen and oxygen atoms in total. The van der Waals surface area contributed by atoms with E-state index in [9.17, 15) is 4.79 Å². The molecule has 1 heterocycles. The molecule has 0 bridgehead atoms. The Bertz CT molecular complexity index is 496. The number of rotatable bonds is 5. The summed E-state index contributed by atoms with van der Waals surface area (Å²) in [7, 11) is 0. The van der Waals surface area contributed by atoms with E-state index < -0.39 is 0 Å². The summed E-state index contributed by atoms with van der Waals surface area (Å²) >= 11 is 0. The van der Waals surface area contributed by atoms with Crippen LogP contribution < -0.4 is 5.32 Å². The summed E-state index contributed by atoms with van der Waals surface area (Å²) in [6.45, 7) is 6.39. The van der Waals surface area contributed by atoms with Crippen molar-refractivity contribution < 1.29 is 4.79 Å². The maximum atomic E-state index is 11.9. The van der Waals surface area contributed by atoms with Gasteiger partial charge in [0.25, 0.3) is 0 Å². The maximum absolute atomic E-state index is 11.9. The molecule has 1 aromatic carbocycles. The minimum absolute atomic E-state index is 0.0672. The van der Waals surface area contributed by atoms with Crippen molar-refractivity contribution in [3.05, 3.63) is 35.4 Å². The minimum Gasteiger partial charge on any atom is -0.356 e. The SMILES string of the molecule is CCN1CCC(CNC(=O)Cc2ccc(C#N)cc2)CC1. The molecule has 1 amide bonds. The Morgan fingerprint density at radius 3 is 2.57 bits per heavy atom. The molecule has 0 saturated carbocycles. The Morgan fingerprint density at radius 2 is 2.00 bits per heavy atom. The molecule has 0 aromatic heterocycles. The van der Waals surface area contributed by atoms with Gasteiger partial charge in [-0.05, 0) is 56.1 Å². The van der Waals surface area contributed by atoms with E-state index in [4.69, 9.17) is 5.26 Å². The first-order chi connectivity index (χ1) is 10.2. The minimum atomic E-state index is 0.0672.